The van der Waals surface area contributed by atoms with Crippen molar-refractivity contribution in [3.8, 4) is 0 Å². The maximum absolute atomic E-state index is 10.6. The zero-order valence-electron chi connectivity index (χ0n) is 6.78. The summed E-state index contributed by atoms with van der Waals surface area (Å²) >= 11 is 4.83. The molecule has 1 heterocycles. The molecule has 0 aliphatic heterocycles. The topological polar surface area (TPSA) is 50.7 Å². The quantitative estimate of drug-likeness (QED) is 0.656. The summed E-state index contributed by atoms with van der Waals surface area (Å²) in [5.41, 5.74) is 2.19. The Hall–Kier alpha value is -0.880. The summed E-state index contributed by atoms with van der Waals surface area (Å²) in [6.45, 7) is 0. The lowest BCUT2D eigenvalue weighted by Crippen LogP contribution is -2.16. The highest BCUT2D eigenvalue weighted by Gasteiger charge is 1.95. The Kier molecular flexibility index (Phi) is 3.91. The molecule has 0 saturated carbocycles. The molecular weight excluding hydrogens is 256 g/mol. The molecular formula is C7H7BrN2O2S. The third-order valence-electron chi connectivity index (χ3n) is 1.13. The standard InChI is InChI=1S/C7H7BrN2O2S/c1-12-7(11)10-9-4-5-2-3-6(8)13-5/h2-4H,1H3,(H,10,11)/b9-4+. The van der Waals surface area contributed by atoms with Crippen LogP contribution < -0.4 is 5.43 Å². The zero-order chi connectivity index (χ0) is 9.68. The van der Waals surface area contributed by atoms with Crippen LogP contribution in [0.2, 0.25) is 0 Å². The predicted molar refractivity (Wildman–Crippen MR) is 55.2 cm³/mol. The van der Waals surface area contributed by atoms with E-state index in [-0.39, 0.29) is 0 Å². The highest BCUT2D eigenvalue weighted by atomic mass is 79.9. The van der Waals surface area contributed by atoms with Crippen molar-refractivity contribution in [3.05, 3.63) is 20.8 Å². The molecule has 1 amide bonds. The molecule has 0 unspecified atom stereocenters. The van der Waals surface area contributed by atoms with Crippen LogP contribution in [0, 0.1) is 0 Å². The number of halogens is 1. The summed E-state index contributed by atoms with van der Waals surface area (Å²) in [6.07, 6.45) is 0.971. The molecule has 0 spiro atoms. The summed E-state index contributed by atoms with van der Waals surface area (Å²) in [7, 11) is 1.28. The minimum Gasteiger partial charge on any atom is -0.452 e. The van der Waals surface area contributed by atoms with Gasteiger partial charge >= 0.3 is 6.09 Å². The zero-order valence-corrected chi connectivity index (χ0v) is 9.18. The lowest BCUT2D eigenvalue weighted by molar-refractivity contribution is 0.171. The number of nitrogens with one attached hydrogen (secondary N) is 1. The lowest BCUT2D eigenvalue weighted by atomic mass is 10.5. The van der Waals surface area contributed by atoms with Crippen LogP contribution in [0.5, 0.6) is 0 Å². The average molecular weight is 263 g/mol. The number of nitrogens with zero attached hydrogens (tertiary/aromatic N) is 1. The van der Waals surface area contributed by atoms with Crippen LogP contribution >= 0.6 is 27.3 Å². The van der Waals surface area contributed by atoms with Crippen LogP contribution in [0.3, 0.4) is 0 Å². The molecule has 6 heteroatoms. The van der Waals surface area contributed by atoms with Gasteiger partial charge in [-0.3, -0.25) is 0 Å². The minimum absolute atomic E-state index is 0.577. The second kappa shape index (κ2) is 4.98. The molecule has 13 heavy (non-hydrogen) atoms. The number of hydrazone groups is 1. The molecule has 0 radical (unpaired) electrons. The summed E-state index contributed by atoms with van der Waals surface area (Å²) in [6, 6.07) is 3.79. The Bertz CT molecular complexity index is 324. The van der Waals surface area contributed by atoms with E-state index >= 15 is 0 Å². The molecule has 0 fully saturated rings. The van der Waals surface area contributed by atoms with Crippen molar-refractivity contribution in [2.24, 2.45) is 5.10 Å². The Labute approximate surface area is 87.7 Å². The normalized spacial score (nSPS) is 10.3. The number of rotatable bonds is 2. The smallest absolute Gasteiger partial charge is 0.427 e. The fourth-order valence-corrected chi connectivity index (χ4v) is 1.89. The van der Waals surface area contributed by atoms with Gasteiger partial charge < -0.3 is 4.74 Å². The number of carbonyl (C=O) groups excluding carboxylic acids is 1. The highest BCUT2D eigenvalue weighted by Crippen LogP contribution is 2.20. The van der Waals surface area contributed by atoms with Crippen molar-refractivity contribution in [2.75, 3.05) is 7.11 Å². The van der Waals surface area contributed by atoms with Gasteiger partial charge in [0.25, 0.3) is 0 Å². The van der Waals surface area contributed by atoms with E-state index in [1.807, 2.05) is 12.1 Å². The van der Waals surface area contributed by atoms with Crippen molar-refractivity contribution >= 4 is 39.6 Å². The first-order chi connectivity index (χ1) is 6.22. The van der Waals surface area contributed by atoms with E-state index in [1.54, 1.807) is 6.21 Å². The van der Waals surface area contributed by atoms with Crippen LogP contribution in [0.1, 0.15) is 4.88 Å². The van der Waals surface area contributed by atoms with Crippen LogP contribution in [0.15, 0.2) is 21.0 Å². The van der Waals surface area contributed by atoms with E-state index < -0.39 is 6.09 Å². The van der Waals surface area contributed by atoms with Gasteiger partial charge in [0.2, 0.25) is 0 Å². The molecule has 1 N–H and O–H groups in total. The van der Waals surface area contributed by atoms with Gasteiger partial charge in [-0.05, 0) is 28.1 Å². The monoisotopic (exact) mass is 262 g/mol. The van der Waals surface area contributed by atoms with Gasteiger partial charge in [-0.1, -0.05) is 0 Å². The summed E-state index contributed by atoms with van der Waals surface area (Å²) < 4.78 is 5.34. The first kappa shape index (κ1) is 10.2. The van der Waals surface area contributed by atoms with Gasteiger partial charge in [0.15, 0.2) is 0 Å². The Balaban J connectivity index is 2.45. The number of amides is 1. The fraction of sp³-hybridized carbons (Fsp3) is 0.143. The Morgan fingerprint density at radius 3 is 3.08 bits per heavy atom. The number of hydrogen-bond donors (Lipinski definition) is 1. The van der Waals surface area contributed by atoms with E-state index in [2.05, 4.69) is 31.2 Å². The van der Waals surface area contributed by atoms with Crippen LogP contribution in [-0.4, -0.2) is 19.4 Å². The van der Waals surface area contributed by atoms with Gasteiger partial charge in [0.05, 0.1) is 17.1 Å². The molecule has 0 atom stereocenters. The maximum atomic E-state index is 10.6. The van der Waals surface area contributed by atoms with Crippen molar-refractivity contribution in [2.45, 2.75) is 0 Å². The number of thiophene rings is 1. The van der Waals surface area contributed by atoms with E-state index in [9.17, 15) is 4.79 Å². The Morgan fingerprint density at radius 2 is 2.54 bits per heavy atom. The molecule has 0 saturated heterocycles. The van der Waals surface area contributed by atoms with Crippen molar-refractivity contribution in [1.82, 2.24) is 5.43 Å². The van der Waals surface area contributed by atoms with Crippen molar-refractivity contribution < 1.29 is 9.53 Å². The van der Waals surface area contributed by atoms with Crippen molar-refractivity contribution in [3.63, 3.8) is 0 Å². The summed E-state index contributed by atoms with van der Waals surface area (Å²) in [4.78, 5) is 11.5. The Morgan fingerprint density at radius 1 is 1.77 bits per heavy atom. The molecule has 0 aliphatic carbocycles. The molecule has 0 aliphatic rings. The largest absolute Gasteiger partial charge is 0.452 e. The molecule has 1 rings (SSSR count). The average Bonchev–Trinajstić information content (AvgIpc) is 2.51. The number of ether oxygens (including phenoxy) is 1. The van der Waals surface area contributed by atoms with E-state index in [1.165, 1.54) is 18.4 Å². The predicted octanol–water partition coefficient (Wildman–Crippen LogP) is 2.20. The van der Waals surface area contributed by atoms with Crippen LogP contribution in [0.4, 0.5) is 4.79 Å². The number of carbonyl (C=O) groups is 1. The summed E-state index contributed by atoms with van der Waals surface area (Å²) in [5.74, 6) is 0. The van der Waals surface area contributed by atoms with Crippen LogP contribution in [0.25, 0.3) is 0 Å². The SMILES string of the molecule is COC(=O)N/N=C/c1ccc(Br)s1. The number of hydrogen-bond acceptors (Lipinski definition) is 4. The molecule has 0 aromatic carbocycles. The van der Waals surface area contributed by atoms with Gasteiger partial charge in [0, 0.05) is 4.88 Å². The highest BCUT2D eigenvalue weighted by molar-refractivity contribution is 9.11. The van der Waals surface area contributed by atoms with E-state index in [4.69, 9.17) is 0 Å². The fourth-order valence-electron chi connectivity index (χ4n) is 0.592. The third kappa shape index (κ3) is 3.56. The van der Waals surface area contributed by atoms with Gasteiger partial charge in [0.1, 0.15) is 0 Å². The van der Waals surface area contributed by atoms with E-state index in [0.717, 1.165) is 8.66 Å². The molecule has 1 aromatic heterocycles. The maximum Gasteiger partial charge on any atom is 0.427 e. The van der Waals surface area contributed by atoms with Crippen LogP contribution in [-0.2, 0) is 4.74 Å². The second-order valence-corrected chi connectivity index (χ2v) is 4.50. The molecule has 4 nitrogen and oxygen atoms in total. The number of methoxy groups -OCH3 is 1. The van der Waals surface area contributed by atoms with E-state index in [0.29, 0.717) is 0 Å². The summed E-state index contributed by atoms with van der Waals surface area (Å²) in [5, 5.41) is 3.67. The first-order valence-corrected chi connectivity index (χ1v) is 4.95. The molecule has 70 valence electrons. The van der Waals surface area contributed by atoms with Gasteiger partial charge in [-0.15, -0.1) is 11.3 Å². The first-order valence-electron chi connectivity index (χ1n) is 3.34. The lowest BCUT2D eigenvalue weighted by Gasteiger charge is -1.93. The van der Waals surface area contributed by atoms with Crippen molar-refractivity contribution in [1.29, 1.82) is 0 Å². The molecule has 1 aromatic rings. The van der Waals surface area contributed by atoms with Gasteiger partial charge in [-0.25, -0.2) is 10.2 Å². The minimum atomic E-state index is -0.577. The second-order valence-electron chi connectivity index (χ2n) is 2.00. The molecule has 0 bridgehead atoms. The third-order valence-corrected chi connectivity index (χ3v) is 2.69. The van der Waals surface area contributed by atoms with Gasteiger partial charge in [-0.2, -0.15) is 5.10 Å².